The number of carbonyl (C=O) groups excluding carboxylic acids is 1. The van der Waals surface area contributed by atoms with Crippen LogP contribution >= 0.6 is 0 Å². The van der Waals surface area contributed by atoms with Crippen LogP contribution in [0.4, 0.5) is 0 Å². The zero-order valence-corrected chi connectivity index (χ0v) is 9.18. The lowest BCUT2D eigenvalue weighted by Crippen LogP contribution is -2.40. The van der Waals surface area contributed by atoms with E-state index in [-0.39, 0.29) is 11.9 Å². The van der Waals surface area contributed by atoms with Crippen LogP contribution in [0, 0.1) is 0 Å². The summed E-state index contributed by atoms with van der Waals surface area (Å²) in [5.74, 6) is -0.407. The van der Waals surface area contributed by atoms with Gasteiger partial charge >= 0.3 is 5.97 Å². The third-order valence-electron chi connectivity index (χ3n) is 2.90. The largest absolute Gasteiger partial charge is 0.860 e. The molecule has 0 radical (unpaired) electrons. The number of nitrogens with zero attached hydrogens (tertiary/aromatic N) is 1. The molecule has 1 fully saturated rings. The number of hydrogen-bond acceptors (Lipinski definition) is 4. The van der Waals surface area contributed by atoms with Gasteiger partial charge in [-0.2, -0.15) is 0 Å². The Labute approximate surface area is 94.5 Å². The van der Waals surface area contributed by atoms with Crippen LogP contribution in [0.15, 0.2) is 35.8 Å². The summed E-state index contributed by atoms with van der Waals surface area (Å²) >= 11 is 0. The van der Waals surface area contributed by atoms with Crippen LogP contribution in [-0.2, 0) is 9.53 Å². The third-order valence-corrected chi connectivity index (χ3v) is 2.90. The van der Waals surface area contributed by atoms with E-state index < -0.39 is 6.04 Å². The van der Waals surface area contributed by atoms with E-state index in [1.165, 1.54) is 7.11 Å². The van der Waals surface area contributed by atoms with Gasteiger partial charge in [0.25, 0.3) is 0 Å². The molecule has 0 aromatic carbocycles. The predicted octanol–water partition coefficient (Wildman–Crippen LogP) is 0.322. The lowest BCUT2D eigenvalue weighted by atomic mass is 10.2. The Morgan fingerprint density at radius 2 is 2.19 bits per heavy atom. The van der Waals surface area contributed by atoms with Crippen molar-refractivity contribution in [2.75, 3.05) is 13.7 Å². The molecular weight excluding hydrogens is 206 g/mol. The maximum absolute atomic E-state index is 12.1. The molecule has 0 aromatic rings. The summed E-state index contributed by atoms with van der Waals surface area (Å²) in [6, 6.07) is -0.410. The fraction of sp³-hybridized carbons (Fsp3) is 0.417. The highest BCUT2D eigenvalue weighted by atomic mass is 16.5. The molecule has 1 heterocycles. The van der Waals surface area contributed by atoms with Crippen LogP contribution < -0.4 is 5.11 Å². The number of carbonyl (C=O) groups is 1. The maximum atomic E-state index is 12.1. The van der Waals surface area contributed by atoms with Crippen LogP contribution in [0.2, 0.25) is 0 Å². The molecule has 0 saturated carbocycles. The number of esters is 1. The Bertz CT molecular complexity index is 368. The molecule has 1 saturated heterocycles. The molecule has 4 heteroatoms. The number of ether oxygens (including phenoxy) is 1. The van der Waals surface area contributed by atoms with Gasteiger partial charge in [-0.3, -0.25) is 0 Å². The van der Waals surface area contributed by atoms with E-state index in [0.717, 1.165) is 6.42 Å². The molecule has 2 aliphatic rings. The maximum Gasteiger partial charge on any atom is 0.328 e. The summed E-state index contributed by atoms with van der Waals surface area (Å²) in [4.78, 5) is 13.1. The summed E-state index contributed by atoms with van der Waals surface area (Å²) in [6.45, 7) is 0.629. The van der Waals surface area contributed by atoms with Gasteiger partial charge in [0.15, 0.2) is 0 Å². The van der Waals surface area contributed by atoms with Gasteiger partial charge in [-0.1, -0.05) is 24.3 Å². The van der Waals surface area contributed by atoms with Gasteiger partial charge in [0.1, 0.15) is 6.04 Å². The second-order valence-corrected chi connectivity index (χ2v) is 3.85. The molecule has 2 rings (SSSR count). The first kappa shape index (κ1) is 10.8. The molecule has 1 atom stereocenters. The van der Waals surface area contributed by atoms with Crippen molar-refractivity contribution in [3.8, 4) is 0 Å². The second kappa shape index (κ2) is 4.43. The molecule has 1 unspecified atom stereocenters. The Hall–Kier alpha value is -1.71. The van der Waals surface area contributed by atoms with E-state index >= 15 is 0 Å². The summed E-state index contributed by atoms with van der Waals surface area (Å²) in [5, 5.41) is 12.1. The minimum atomic E-state index is -0.410. The highest BCUT2D eigenvalue weighted by molar-refractivity contribution is 5.76. The summed E-state index contributed by atoms with van der Waals surface area (Å²) in [5.41, 5.74) is 0.635. The lowest BCUT2D eigenvalue weighted by Gasteiger charge is -2.32. The molecule has 0 amide bonds. The van der Waals surface area contributed by atoms with E-state index in [9.17, 15) is 9.90 Å². The van der Waals surface area contributed by atoms with Crippen molar-refractivity contribution < 1.29 is 14.6 Å². The lowest BCUT2D eigenvalue weighted by molar-refractivity contribution is -0.334. The third kappa shape index (κ3) is 1.83. The molecule has 4 nitrogen and oxygen atoms in total. The number of hydrogen-bond donors (Lipinski definition) is 0. The van der Waals surface area contributed by atoms with Crippen molar-refractivity contribution in [1.82, 2.24) is 4.90 Å². The highest BCUT2D eigenvalue weighted by Crippen LogP contribution is 2.24. The Kier molecular flexibility index (Phi) is 2.99. The fourth-order valence-electron chi connectivity index (χ4n) is 2.07. The van der Waals surface area contributed by atoms with Crippen molar-refractivity contribution in [3.63, 3.8) is 0 Å². The van der Waals surface area contributed by atoms with E-state index in [2.05, 4.69) is 0 Å². The molecule has 1 aliphatic carbocycles. The molecule has 0 aromatic heterocycles. The van der Waals surface area contributed by atoms with Crippen molar-refractivity contribution in [1.29, 1.82) is 0 Å². The van der Waals surface area contributed by atoms with Gasteiger partial charge in [0.05, 0.1) is 7.11 Å². The first-order valence-electron chi connectivity index (χ1n) is 5.34. The average molecular weight is 220 g/mol. The van der Waals surface area contributed by atoms with E-state index in [1.807, 2.05) is 12.2 Å². The van der Waals surface area contributed by atoms with Crippen LogP contribution in [0.3, 0.4) is 0 Å². The summed E-state index contributed by atoms with van der Waals surface area (Å²) in [6.07, 6.45) is 8.70. The van der Waals surface area contributed by atoms with Crippen molar-refractivity contribution in [2.24, 2.45) is 0 Å². The molecular formula is C12H14NO3-. The standard InChI is InChI=1S/C12H15NO3/c1-16-12(15)10-7-4-8-13(10)11(14)9-5-2-3-6-9/h2-3,5-6,10,14H,4,7-8H2,1H3/p-1. The SMILES string of the molecule is COC(=O)C1CCCN1C([O-])=C1C=CC=C1. The number of allylic oxidation sites excluding steroid dienone is 5. The fourth-order valence-corrected chi connectivity index (χ4v) is 2.07. The van der Waals surface area contributed by atoms with Gasteiger partial charge in [-0.15, -0.1) is 0 Å². The minimum absolute atomic E-state index is 0.0853. The molecule has 16 heavy (non-hydrogen) atoms. The topological polar surface area (TPSA) is 52.6 Å². The van der Waals surface area contributed by atoms with Crippen molar-refractivity contribution in [2.45, 2.75) is 18.9 Å². The molecule has 0 spiro atoms. The van der Waals surface area contributed by atoms with E-state index in [4.69, 9.17) is 4.74 Å². The Morgan fingerprint density at radius 1 is 1.50 bits per heavy atom. The molecule has 0 bridgehead atoms. The van der Waals surface area contributed by atoms with Crippen LogP contribution in [0.5, 0.6) is 0 Å². The quantitative estimate of drug-likeness (QED) is 0.497. The van der Waals surface area contributed by atoms with Crippen molar-refractivity contribution in [3.05, 3.63) is 35.8 Å². The van der Waals surface area contributed by atoms with Gasteiger partial charge in [-0.05, 0) is 24.3 Å². The smallest absolute Gasteiger partial charge is 0.328 e. The number of likely N-dealkylation sites (tertiary alicyclic amines) is 1. The number of rotatable bonds is 2. The van der Waals surface area contributed by atoms with Crippen molar-refractivity contribution >= 4 is 5.97 Å². The molecule has 0 N–H and O–H groups in total. The highest BCUT2D eigenvalue weighted by Gasteiger charge is 2.30. The minimum Gasteiger partial charge on any atom is -0.860 e. The van der Waals surface area contributed by atoms with Crippen LogP contribution in [-0.4, -0.2) is 30.6 Å². The predicted molar refractivity (Wildman–Crippen MR) is 57.1 cm³/mol. The first-order chi connectivity index (χ1) is 7.74. The van der Waals surface area contributed by atoms with Crippen LogP contribution in [0.1, 0.15) is 12.8 Å². The van der Waals surface area contributed by atoms with Gasteiger partial charge in [0, 0.05) is 6.54 Å². The van der Waals surface area contributed by atoms with Gasteiger partial charge in [0.2, 0.25) is 0 Å². The van der Waals surface area contributed by atoms with E-state index in [1.54, 1.807) is 17.1 Å². The zero-order valence-electron chi connectivity index (χ0n) is 9.18. The molecule has 86 valence electrons. The average Bonchev–Trinajstić information content (AvgIpc) is 2.97. The number of methoxy groups -OCH3 is 1. The Balaban J connectivity index is 2.20. The summed E-state index contributed by atoms with van der Waals surface area (Å²) in [7, 11) is 1.35. The molecule has 1 aliphatic heterocycles. The summed E-state index contributed by atoms with van der Waals surface area (Å²) < 4.78 is 4.70. The second-order valence-electron chi connectivity index (χ2n) is 3.85. The Morgan fingerprint density at radius 3 is 2.81 bits per heavy atom. The first-order valence-corrected chi connectivity index (χ1v) is 5.34. The zero-order chi connectivity index (χ0) is 11.5. The monoisotopic (exact) mass is 220 g/mol. The van der Waals surface area contributed by atoms with E-state index in [0.29, 0.717) is 18.5 Å². The normalized spacial score (nSPS) is 22.9. The van der Waals surface area contributed by atoms with Gasteiger partial charge < -0.3 is 14.7 Å². The van der Waals surface area contributed by atoms with Gasteiger partial charge in [-0.25, -0.2) is 4.79 Å². The van der Waals surface area contributed by atoms with Crippen LogP contribution in [0.25, 0.3) is 0 Å².